The van der Waals surface area contributed by atoms with E-state index in [1.54, 1.807) is 46.0 Å². The average Bonchev–Trinajstić information content (AvgIpc) is 1.76. The number of aromatic nitrogens is 8. The number of methoxy groups -OCH3 is 1. The van der Waals surface area contributed by atoms with E-state index < -0.39 is 41.1 Å². The van der Waals surface area contributed by atoms with Crippen molar-refractivity contribution in [3.63, 3.8) is 0 Å². The fraction of sp³-hybridized carbons (Fsp3) is 0.403. The second-order valence-electron chi connectivity index (χ2n) is 21.3. The van der Waals surface area contributed by atoms with Gasteiger partial charge in [0.15, 0.2) is 11.6 Å². The number of hydrogen-bond acceptors (Lipinski definition) is 12. The lowest BCUT2D eigenvalue weighted by Gasteiger charge is -2.36. The first-order valence-corrected chi connectivity index (χ1v) is 29.3. The number of halogens is 6. The molecule has 7 aromatic rings. The number of benzene rings is 3. The lowest BCUT2D eigenvalue weighted by Crippen LogP contribution is -2.35. The van der Waals surface area contributed by atoms with Crippen molar-refractivity contribution < 1.29 is 51.5 Å². The van der Waals surface area contributed by atoms with E-state index in [2.05, 4.69) is 33.4 Å². The third kappa shape index (κ3) is 19.0. The number of nitrogens with one attached hydrogen (secondary N) is 1. The number of allylic oxidation sites excluding steroid dienone is 4. The molecule has 0 saturated carbocycles. The molecule has 2 unspecified atom stereocenters. The molecular formula is C67H83F6N9O5. The maximum absolute atomic E-state index is 13.9. The second kappa shape index (κ2) is 32.7. The highest BCUT2D eigenvalue weighted by Crippen LogP contribution is 2.46. The van der Waals surface area contributed by atoms with Gasteiger partial charge in [0.2, 0.25) is 5.95 Å². The minimum Gasteiger partial charge on any atom is -0.513 e. The largest absolute Gasteiger partial charge is 0.513 e. The Bertz CT molecular complexity index is 3360. The zero-order chi connectivity index (χ0) is 64.1. The second-order valence-corrected chi connectivity index (χ2v) is 21.3. The molecular weight excluding hydrogens is 1120 g/mol. The smallest absolute Gasteiger partial charge is 0.416 e. The number of nitrogens with zero attached hydrogens (tertiary/aromatic N) is 8. The monoisotopic (exact) mass is 1210 g/mol. The van der Waals surface area contributed by atoms with Gasteiger partial charge in [-0.15, -0.1) is 0 Å². The molecule has 3 aromatic carbocycles. The Morgan fingerprint density at radius 3 is 1.91 bits per heavy atom. The van der Waals surface area contributed by atoms with E-state index in [4.69, 9.17) is 25.0 Å². The third-order valence-corrected chi connectivity index (χ3v) is 14.6. The summed E-state index contributed by atoms with van der Waals surface area (Å²) < 4.78 is 91.7. The average molecular weight is 1210 g/mol. The molecule has 0 saturated heterocycles. The highest BCUT2D eigenvalue weighted by Gasteiger charge is 2.44. The number of anilines is 2. The van der Waals surface area contributed by atoms with Crippen molar-refractivity contribution >= 4 is 11.6 Å². The summed E-state index contributed by atoms with van der Waals surface area (Å²) in [6.45, 7) is 21.0. The van der Waals surface area contributed by atoms with Gasteiger partial charge in [-0.1, -0.05) is 146 Å². The van der Waals surface area contributed by atoms with E-state index in [1.165, 1.54) is 19.3 Å². The van der Waals surface area contributed by atoms with Crippen LogP contribution < -0.4 is 5.32 Å². The van der Waals surface area contributed by atoms with Gasteiger partial charge >= 0.3 is 12.4 Å². The summed E-state index contributed by atoms with van der Waals surface area (Å²) in [5.41, 5.74) is 3.93. The van der Waals surface area contributed by atoms with Crippen molar-refractivity contribution in [2.24, 2.45) is 5.92 Å². The molecule has 1 aliphatic rings. The number of alkyl halides is 6. The van der Waals surface area contributed by atoms with Gasteiger partial charge < -0.3 is 30.5 Å². The lowest BCUT2D eigenvalue weighted by atomic mass is 9.69. The molecule has 0 spiro atoms. The number of aliphatic hydroxyl groups is 4. The van der Waals surface area contributed by atoms with Gasteiger partial charge in [0.25, 0.3) is 0 Å². The quantitative estimate of drug-likeness (QED) is 0.0219. The molecule has 4 atom stereocenters. The molecule has 14 nitrogen and oxygen atoms in total. The SMILES string of the molecule is C=C(C[C@H](O)CCCCc1c(-c2ccccc2)nn(-c2ccnc(Nc3ccccc3)n2)c1-c1cccc(C(F)(F)F)c1)OC.C=C(O)C[C@H](O)CCCCc1c(C(C)C)nn(-c2ccnc(CC)n2)c1C1(C)C=C(C(F)(F)F)C=CC1C.CC.CO. The molecule has 0 amide bonds. The molecule has 5 N–H and O–H groups in total. The predicted octanol–water partition coefficient (Wildman–Crippen LogP) is 15.9. The van der Waals surface area contributed by atoms with E-state index in [0.717, 1.165) is 53.4 Å². The molecule has 1 aliphatic carbocycles. The number of hydrogen-bond donors (Lipinski definition) is 5. The van der Waals surface area contributed by atoms with Crippen molar-refractivity contribution in [3.05, 3.63) is 192 Å². The van der Waals surface area contributed by atoms with Crippen molar-refractivity contribution in [2.75, 3.05) is 19.5 Å². The van der Waals surface area contributed by atoms with Crippen molar-refractivity contribution in [1.29, 1.82) is 0 Å². The Balaban J connectivity index is 0.000000304. The van der Waals surface area contributed by atoms with E-state index in [0.29, 0.717) is 116 Å². The molecule has 0 bridgehead atoms. The van der Waals surface area contributed by atoms with E-state index in [9.17, 15) is 41.7 Å². The van der Waals surface area contributed by atoms with Crippen LogP contribution in [0.2, 0.25) is 0 Å². The van der Waals surface area contributed by atoms with Gasteiger partial charge in [-0.3, -0.25) is 0 Å². The number of aryl methyl sites for hydroxylation is 1. The minimum absolute atomic E-state index is 0.0323. The summed E-state index contributed by atoms with van der Waals surface area (Å²) in [7, 11) is 2.52. The summed E-state index contributed by atoms with van der Waals surface area (Å²) in [4.78, 5) is 18.0. The molecule has 0 radical (unpaired) electrons. The van der Waals surface area contributed by atoms with Crippen LogP contribution in [0, 0.1) is 5.92 Å². The predicted molar refractivity (Wildman–Crippen MR) is 331 cm³/mol. The molecule has 20 heteroatoms. The van der Waals surface area contributed by atoms with Crippen LogP contribution in [0.15, 0.2) is 158 Å². The highest BCUT2D eigenvalue weighted by atomic mass is 19.4. The highest BCUT2D eigenvalue weighted by molar-refractivity contribution is 5.76. The standard InChI is InChI=1S/C35H34F3N5O2.C29H39F3N4O2.C2H6.CH4O/c1-24(45-2)22-29(44)18-9-10-19-30-32(25-12-5-3-6-13-25)42-43(33(30)26-14-11-15-27(23-26)35(36,37)38)31-20-21-39-34(41-31)40-28-16-7-4-8-17-28;1-7-24-33-15-14-25(34-24)36-27(28(6)17-21(29(30,31)32)13-12-19(28)4)23(26(35-36)18(2)3)11-9-8-10-22(38)16-20(5)37;2*1-2/h3-8,11-17,20-21,23,29,44H,1,9-10,18-19,22H2,2H3,(H,39,40,41);12-15,17-19,22,37-38H,5,7-11,16H2,1-4,6H3;1-2H3;2H,1H3/t29-;19?,22-,28?;;/m11../s1. The maximum Gasteiger partial charge on any atom is 0.416 e. The summed E-state index contributed by atoms with van der Waals surface area (Å²) in [6.07, 6.45) is 2.98. The first-order chi connectivity index (χ1) is 41.5. The fourth-order valence-corrected chi connectivity index (χ4v) is 10.2. The van der Waals surface area contributed by atoms with E-state index >= 15 is 0 Å². The summed E-state index contributed by atoms with van der Waals surface area (Å²) in [6, 6.07) is 27.7. The first-order valence-electron chi connectivity index (χ1n) is 29.3. The van der Waals surface area contributed by atoms with Crippen LogP contribution in [0.3, 0.4) is 0 Å². The van der Waals surface area contributed by atoms with Crippen LogP contribution in [0.4, 0.5) is 38.0 Å². The Labute approximate surface area is 507 Å². The molecule has 87 heavy (non-hydrogen) atoms. The van der Waals surface area contributed by atoms with Gasteiger partial charge in [-0.05, 0) is 87.1 Å². The van der Waals surface area contributed by atoms with Crippen molar-refractivity contribution in [1.82, 2.24) is 39.5 Å². The van der Waals surface area contributed by atoms with Crippen LogP contribution in [0.25, 0.3) is 34.2 Å². The van der Waals surface area contributed by atoms with Crippen molar-refractivity contribution in [3.8, 4) is 34.2 Å². The van der Waals surface area contributed by atoms with Gasteiger partial charge in [0.1, 0.15) is 5.82 Å². The summed E-state index contributed by atoms with van der Waals surface area (Å²) in [5.74, 6) is 2.13. The number of ether oxygens (including phenoxy) is 1. The maximum atomic E-state index is 13.9. The number of aliphatic hydroxyl groups excluding tert-OH is 4. The molecule has 468 valence electrons. The van der Waals surface area contributed by atoms with Gasteiger partial charge in [-0.2, -0.15) is 41.5 Å². The fourth-order valence-electron chi connectivity index (χ4n) is 10.2. The molecule has 4 aromatic heterocycles. The number of para-hydroxylation sites is 1. The number of rotatable bonds is 24. The summed E-state index contributed by atoms with van der Waals surface area (Å²) in [5, 5.41) is 50.0. The third-order valence-electron chi connectivity index (χ3n) is 14.6. The number of unbranched alkanes of at least 4 members (excludes halogenated alkanes) is 2. The van der Waals surface area contributed by atoms with Crippen LogP contribution >= 0.6 is 0 Å². The first kappa shape index (κ1) is 69.8. The van der Waals surface area contributed by atoms with E-state index in [-0.39, 0.29) is 24.0 Å². The van der Waals surface area contributed by atoms with Crippen LogP contribution in [0.5, 0.6) is 0 Å². The van der Waals surface area contributed by atoms with Crippen LogP contribution in [-0.4, -0.2) is 92.5 Å². The zero-order valence-corrected chi connectivity index (χ0v) is 51.2. The molecule has 0 aliphatic heterocycles. The molecule has 8 rings (SSSR count). The lowest BCUT2D eigenvalue weighted by molar-refractivity contribution is -0.137. The Morgan fingerprint density at radius 1 is 0.736 bits per heavy atom. The van der Waals surface area contributed by atoms with E-state index in [1.807, 2.05) is 109 Å². The minimum atomic E-state index is -4.52. The summed E-state index contributed by atoms with van der Waals surface area (Å²) >= 11 is 0. The van der Waals surface area contributed by atoms with Crippen molar-refractivity contribution in [2.45, 2.75) is 155 Å². The zero-order valence-electron chi connectivity index (χ0n) is 51.2. The Hall–Kier alpha value is -7.94. The van der Waals surface area contributed by atoms with Gasteiger partial charge in [0.05, 0.1) is 64.7 Å². The Kier molecular flexibility index (Phi) is 26.2. The molecule has 0 fully saturated rings. The van der Waals surface area contributed by atoms with Crippen LogP contribution in [-0.2, 0) is 35.6 Å². The molecule has 4 heterocycles. The normalized spacial score (nSPS) is 15.4. The van der Waals surface area contributed by atoms with Gasteiger partial charge in [0, 0.05) is 78.7 Å². The Morgan fingerprint density at radius 2 is 1.32 bits per heavy atom. The van der Waals surface area contributed by atoms with Crippen LogP contribution in [0.1, 0.15) is 140 Å². The topological polar surface area (TPSA) is 189 Å². The van der Waals surface area contributed by atoms with Gasteiger partial charge in [-0.25, -0.2) is 24.3 Å².